The number of anilines is 2. The number of fused-ring (bicyclic) bond motifs is 3. The lowest BCUT2D eigenvalue weighted by atomic mass is 9.59. The fourth-order valence-electron chi connectivity index (χ4n) is 7.17. The average molecular weight is 693 g/mol. The van der Waals surface area contributed by atoms with Gasteiger partial charge in [-0.05, 0) is 52.4 Å². The first kappa shape index (κ1) is 30.8. The quantitative estimate of drug-likeness (QED) is 0.150. The molecule has 236 valence electrons. The first-order valence-electron chi connectivity index (χ1n) is 14.0. The summed E-state index contributed by atoms with van der Waals surface area (Å²) in [6.45, 7) is 0. The smallest absolute Gasteiger partial charge is 0.301 e. The van der Waals surface area contributed by atoms with Gasteiger partial charge in [-0.25, -0.2) is 4.90 Å². The van der Waals surface area contributed by atoms with E-state index >= 15 is 0 Å². The molecular weight excluding hydrogens is 668 g/mol. The molecule has 2 amide bonds. The second-order valence-electron chi connectivity index (χ2n) is 11.6. The van der Waals surface area contributed by atoms with E-state index < -0.39 is 68.3 Å². The molecule has 0 unspecified atom stereocenters. The number of ketones is 2. The van der Waals surface area contributed by atoms with Gasteiger partial charge >= 0.3 is 11.4 Å². The van der Waals surface area contributed by atoms with E-state index in [-0.39, 0.29) is 51.3 Å². The third kappa shape index (κ3) is 4.52. The number of amides is 2. The molecule has 1 N–H and O–H groups in total. The van der Waals surface area contributed by atoms with Crippen LogP contribution < -0.4 is 14.5 Å². The number of phenolic OH excluding ortho intramolecular Hbond substituents is 1. The number of ether oxygens (including phenoxy) is 1. The highest BCUT2D eigenvalue weighted by Crippen LogP contribution is 2.56. The van der Waals surface area contributed by atoms with Crippen LogP contribution in [0.2, 0.25) is 0 Å². The molecule has 3 aliphatic carbocycles. The van der Waals surface area contributed by atoms with Gasteiger partial charge in [0.1, 0.15) is 0 Å². The van der Waals surface area contributed by atoms with Crippen molar-refractivity contribution in [2.75, 3.05) is 31.0 Å². The molecule has 1 fully saturated rings. The van der Waals surface area contributed by atoms with Crippen LogP contribution in [0.5, 0.6) is 11.5 Å². The third-order valence-corrected chi connectivity index (χ3v) is 9.61. The van der Waals surface area contributed by atoms with Crippen LogP contribution in [0.3, 0.4) is 0 Å². The largest absolute Gasteiger partial charge is 0.504 e. The number of hydrogen-bond acceptors (Lipinski definition) is 11. The molecule has 1 aliphatic heterocycles. The Labute approximate surface area is 269 Å². The molecule has 6 rings (SSSR count). The van der Waals surface area contributed by atoms with E-state index in [1.54, 1.807) is 18.2 Å². The minimum atomic E-state index is -1.03. The Morgan fingerprint density at radius 2 is 1.65 bits per heavy atom. The maximum atomic E-state index is 14.2. The predicted molar refractivity (Wildman–Crippen MR) is 166 cm³/mol. The lowest BCUT2D eigenvalue weighted by molar-refractivity contribution is -0.392. The number of allylic oxidation sites excluding steroid dienone is 6. The average Bonchev–Trinajstić information content (AvgIpc) is 3.27. The summed E-state index contributed by atoms with van der Waals surface area (Å²) in [4.78, 5) is 79.3. The van der Waals surface area contributed by atoms with Gasteiger partial charge in [0.15, 0.2) is 28.8 Å². The molecule has 2 aromatic rings. The van der Waals surface area contributed by atoms with Crippen LogP contribution in [0.15, 0.2) is 63.7 Å². The summed E-state index contributed by atoms with van der Waals surface area (Å²) in [5.74, 6) is -5.74. The number of phenols is 1. The van der Waals surface area contributed by atoms with Crippen LogP contribution in [0.25, 0.3) is 0 Å². The molecule has 46 heavy (non-hydrogen) atoms. The lowest BCUT2D eigenvalue weighted by Gasteiger charge is -2.42. The number of nitro groups is 2. The summed E-state index contributed by atoms with van der Waals surface area (Å²) in [5.41, 5.74) is -0.357. The van der Waals surface area contributed by atoms with Crippen molar-refractivity contribution in [2.24, 2.45) is 17.8 Å². The highest BCUT2D eigenvalue weighted by atomic mass is 79.9. The molecule has 2 aromatic carbocycles. The van der Waals surface area contributed by atoms with Crippen molar-refractivity contribution in [1.29, 1.82) is 0 Å². The molecule has 0 spiro atoms. The molecule has 1 saturated heterocycles. The van der Waals surface area contributed by atoms with E-state index in [0.29, 0.717) is 11.1 Å². The second kappa shape index (κ2) is 11.0. The van der Waals surface area contributed by atoms with Crippen LogP contribution in [-0.4, -0.2) is 59.5 Å². The van der Waals surface area contributed by atoms with Crippen LogP contribution in [0, 0.1) is 38.0 Å². The molecule has 15 heteroatoms. The number of methoxy groups -OCH3 is 1. The topological polar surface area (TPSA) is 190 Å². The summed E-state index contributed by atoms with van der Waals surface area (Å²) < 4.78 is 5.34. The minimum absolute atomic E-state index is 0.0334. The van der Waals surface area contributed by atoms with Crippen LogP contribution in [0.4, 0.5) is 22.7 Å². The van der Waals surface area contributed by atoms with E-state index in [4.69, 9.17) is 4.74 Å². The number of nitrogens with zero attached hydrogens (tertiary/aromatic N) is 4. The van der Waals surface area contributed by atoms with Gasteiger partial charge in [0.05, 0.1) is 39.0 Å². The van der Waals surface area contributed by atoms with Gasteiger partial charge in [0.25, 0.3) is 0 Å². The molecule has 0 radical (unpaired) electrons. The Hall–Kier alpha value is -5.18. The van der Waals surface area contributed by atoms with Gasteiger partial charge in [-0.2, -0.15) is 0 Å². The molecule has 0 saturated carbocycles. The number of imide groups is 1. The Morgan fingerprint density at radius 3 is 2.24 bits per heavy atom. The zero-order valence-electron chi connectivity index (χ0n) is 24.6. The normalized spacial score (nSPS) is 23.8. The summed E-state index contributed by atoms with van der Waals surface area (Å²) in [7, 11) is 4.17. The van der Waals surface area contributed by atoms with Gasteiger partial charge in [0, 0.05) is 49.4 Å². The minimum Gasteiger partial charge on any atom is -0.504 e. The van der Waals surface area contributed by atoms with E-state index in [1.165, 1.54) is 38.2 Å². The summed E-state index contributed by atoms with van der Waals surface area (Å²) in [5, 5.41) is 34.2. The number of halogens is 1. The van der Waals surface area contributed by atoms with Crippen LogP contribution >= 0.6 is 15.9 Å². The zero-order chi connectivity index (χ0) is 33.4. The van der Waals surface area contributed by atoms with Crippen molar-refractivity contribution in [3.63, 3.8) is 0 Å². The molecule has 4 atom stereocenters. The van der Waals surface area contributed by atoms with Crippen molar-refractivity contribution in [2.45, 2.75) is 18.8 Å². The number of carbonyl (C=O) groups is 4. The monoisotopic (exact) mass is 692 g/mol. The number of benzene rings is 2. The van der Waals surface area contributed by atoms with Gasteiger partial charge in [-0.15, -0.1) is 0 Å². The SMILES string of the molecule is COc1cc([C@H]2C3=CC[C@@H]4C(=O)N(c5cc([N+](=O)[O-])c(N(C)C)c([N+](=O)[O-])c5)C(=O)[C@@H]4[C@@H]3CC3=C2C(=O)C=C(Br)C3=O)ccc1O. The zero-order valence-corrected chi connectivity index (χ0v) is 26.1. The Morgan fingerprint density at radius 1 is 1.00 bits per heavy atom. The van der Waals surface area contributed by atoms with Crippen molar-refractivity contribution >= 4 is 62.1 Å². The Bertz CT molecular complexity index is 1880. The van der Waals surface area contributed by atoms with E-state index in [1.807, 2.05) is 0 Å². The number of hydrogen-bond donors (Lipinski definition) is 1. The first-order chi connectivity index (χ1) is 21.8. The van der Waals surface area contributed by atoms with Gasteiger partial charge in [-0.3, -0.25) is 39.4 Å². The number of aromatic hydroxyl groups is 1. The van der Waals surface area contributed by atoms with Gasteiger partial charge < -0.3 is 14.7 Å². The third-order valence-electron chi connectivity index (χ3n) is 9.02. The molecule has 0 aromatic heterocycles. The maximum absolute atomic E-state index is 14.2. The van der Waals surface area contributed by atoms with Crippen molar-refractivity contribution < 1.29 is 38.9 Å². The van der Waals surface area contributed by atoms with E-state index in [9.17, 15) is 44.5 Å². The summed E-state index contributed by atoms with van der Waals surface area (Å²) in [6.07, 6.45) is 3.02. The highest BCUT2D eigenvalue weighted by Gasteiger charge is 2.57. The number of nitro benzene ring substituents is 2. The van der Waals surface area contributed by atoms with E-state index in [2.05, 4.69) is 15.9 Å². The molecule has 1 heterocycles. The Balaban J connectivity index is 1.49. The molecular formula is C31H25BrN4O10. The fraction of sp³-hybridized carbons (Fsp3) is 0.290. The van der Waals surface area contributed by atoms with Crippen molar-refractivity contribution in [3.05, 3.63) is 89.5 Å². The standard InChI is InChI=1S/C31H25BrN4O10/c1-33(2)28-20(35(42)43)9-14(10-21(28)36(44)45)34-30(40)16-6-5-15-17(26(16)31(34)41)11-18-27(23(38)12-19(32)29(18)39)25(15)13-4-7-22(37)24(8-13)46-3/h4-5,7-10,12,16-17,25-26,37H,6,11H2,1-3H3/t16-,17+,25-,26-/m0/s1. The number of Topliss-reactive ketones (excluding diaryl/α,β-unsaturated/α-hetero) is 1. The van der Waals surface area contributed by atoms with Crippen molar-refractivity contribution in [1.82, 2.24) is 0 Å². The molecule has 14 nitrogen and oxygen atoms in total. The maximum Gasteiger partial charge on any atom is 0.301 e. The second-order valence-corrected chi connectivity index (χ2v) is 12.4. The van der Waals surface area contributed by atoms with Crippen LogP contribution in [-0.2, 0) is 19.2 Å². The predicted octanol–water partition coefficient (Wildman–Crippen LogP) is 4.25. The Kier molecular flexibility index (Phi) is 7.38. The number of rotatable bonds is 6. The molecule has 4 aliphatic rings. The van der Waals surface area contributed by atoms with Crippen LogP contribution in [0.1, 0.15) is 24.3 Å². The van der Waals surface area contributed by atoms with Gasteiger partial charge in [-0.1, -0.05) is 17.7 Å². The van der Waals surface area contributed by atoms with Crippen molar-refractivity contribution in [3.8, 4) is 11.5 Å². The van der Waals surface area contributed by atoms with E-state index in [0.717, 1.165) is 17.0 Å². The summed E-state index contributed by atoms with van der Waals surface area (Å²) >= 11 is 3.17. The first-order valence-corrected chi connectivity index (χ1v) is 14.8. The lowest BCUT2D eigenvalue weighted by Crippen LogP contribution is -2.39. The highest BCUT2D eigenvalue weighted by molar-refractivity contribution is 9.12. The summed E-state index contributed by atoms with van der Waals surface area (Å²) in [6, 6.07) is 6.48. The van der Waals surface area contributed by atoms with Gasteiger partial charge in [0.2, 0.25) is 11.8 Å². The molecule has 0 bridgehead atoms. The number of carbonyl (C=O) groups excluding carboxylic acids is 4. The fourth-order valence-corrected chi connectivity index (χ4v) is 7.62.